The first-order chi connectivity index (χ1) is 19.1. The second-order valence-corrected chi connectivity index (χ2v) is 12.1. The zero-order valence-corrected chi connectivity index (χ0v) is 25.0. The molecule has 2 amide bonds. The average molecular weight is 564 g/mol. The standard InChI is InChI=1S/C32H41N3O4S/c1-6-8-20-33-32(37)30(7-2)34(22-27-11-9-10-26(5)21-27)31(36)23-35(28-16-12-24(3)13-17-28)40(38,39)29-18-14-25(4)15-19-29/h9-19,21,30H,6-8,20,22-23H2,1-5H3,(H,33,37). The molecule has 1 atom stereocenters. The van der Waals surface area contributed by atoms with Crippen molar-refractivity contribution in [2.75, 3.05) is 17.4 Å². The molecule has 0 spiro atoms. The number of unbranched alkanes of at least 4 members (excludes halogenated alkanes) is 1. The molecule has 0 saturated heterocycles. The van der Waals surface area contributed by atoms with Crippen molar-refractivity contribution in [3.05, 3.63) is 95.1 Å². The number of amides is 2. The maximum atomic E-state index is 14.1. The molecule has 0 aromatic heterocycles. The minimum absolute atomic E-state index is 0.0982. The van der Waals surface area contributed by atoms with Gasteiger partial charge in [0.2, 0.25) is 11.8 Å². The Morgan fingerprint density at radius 3 is 2.05 bits per heavy atom. The number of benzene rings is 3. The Morgan fingerprint density at radius 2 is 1.48 bits per heavy atom. The van der Waals surface area contributed by atoms with Crippen LogP contribution in [0, 0.1) is 20.8 Å². The minimum atomic E-state index is -4.08. The SMILES string of the molecule is CCCCNC(=O)C(CC)N(Cc1cccc(C)c1)C(=O)CN(c1ccc(C)cc1)S(=O)(=O)c1ccc(C)cc1. The van der Waals surface area contributed by atoms with Gasteiger partial charge in [0.25, 0.3) is 10.0 Å². The van der Waals surface area contributed by atoms with Crippen molar-refractivity contribution in [2.24, 2.45) is 0 Å². The molecule has 7 nitrogen and oxygen atoms in total. The molecule has 3 aromatic carbocycles. The van der Waals surface area contributed by atoms with Crippen molar-refractivity contribution < 1.29 is 18.0 Å². The van der Waals surface area contributed by atoms with Crippen molar-refractivity contribution in [2.45, 2.75) is 71.4 Å². The smallest absolute Gasteiger partial charge is 0.264 e. The summed E-state index contributed by atoms with van der Waals surface area (Å²) < 4.78 is 29.0. The minimum Gasteiger partial charge on any atom is -0.354 e. The van der Waals surface area contributed by atoms with E-state index in [4.69, 9.17) is 0 Å². The van der Waals surface area contributed by atoms with E-state index < -0.39 is 28.5 Å². The topological polar surface area (TPSA) is 86.8 Å². The first kappa shape index (κ1) is 30.9. The van der Waals surface area contributed by atoms with Crippen molar-refractivity contribution >= 4 is 27.5 Å². The fraction of sp³-hybridized carbons (Fsp3) is 0.375. The van der Waals surface area contributed by atoms with E-state index in [0.717, 1.165) is 39.4 Å². The molecule has 1 unspecified atom stereocenters. The van der Waals surface area contributed by atoms with Crippen molar-refractivity contribution in [3.63, 3.8) is 0 Å². The summed E-state index contributed by atoms with van der Waals surface area (Å²) in [5.74, 6) is -0.685. The summed E-state index contributed by atoms with van der Waals surface area (Å²) >= 11 is 0. The fourth-order valence-corrected chi connectivity index (χ4v) is 5.92. The van der Waals surface area contributed by atoms with E-state index in [9.17, 15) is 18.0 Å². The summed E-state index contributed by atoms with van der Waals surface area (Å²) in [7, 11) is -4.08. The molecule has 0 fully saturated rings. The molecule has 214 valence electrons. The molecule has 0 radical (unpaired) electrons. The summed E-state index contributed by atoms with van der Waals surface area (Å²) in [6.07, 6.45) is 2.17. The van der Waals surface area contributed by atoms with Crippen LogP contribution in [0.5, 0.6) is 0 Å². The van der Waals surface area contributed by atoms with Crippen molar-refractivity contribution in [1.82, 2.24) is 10.2 Å². The molecular weight excluding hydrogens is 522 g/mol. The highest BCUT2D eigenvalue weighted by Gasteiger charge is 2.33. The largest absolute Gasteiger partial charge is 0.354 e. The van der Waals surface area contributed by atoms with Crippen LogP contribution in [0.2, 0.25) is 0 Å². The molecule has 1 N–H and O–H groups in total. The van der Waals surface area contributed by atoms with Crippen LogP contribution in [0.15, 0.2) is 77.7 Å². The molecule has 0 bridgehead atoms. The van der Waals surface area contributed by atoms with E-state index in [1.165, 1.54) is 4.90 Å². The van der Waals surface area contributed by atoms with Gasteiger partial charge >= 0.3 is 0 Å². The molecule has 0 aliphatic rings. The number of aryl methyl sites for hydroxylation is 3. The summed E-state index contributed by atoms with van der Waals surface area (Å²) in [6.45, 7) is 9.95. The fourth-order valence-electron chi connectivity index (χ4n) is 4.51. The maximum Gasteiger partial charge on any atom is 0.264 e. The number of nitrogens with one attached hydrogen (secondary N) is 1. The predicted octanol–water partition coefficient (Wildman–Crippen LogP) is 5.53. The normalized spacial score (nSPS) is 12.0. The quantitative estimate of drug-likeness (QED) is 0.277. The Balaban J connectivity index is 2.03. The Morgan fingerprint density at radius 1 is 0.850 bits per heavy atom. The van der Waals surface area contributed by atoms with E-state index in [1.54, 1.807) is 36.4 Å². The Hall–Kier alpha value is -3.65. The van der Waals surface area contributed by atoms with Crippen LogP contribution >= 0.6 is 0 Å². The molecule has 3 rings (SSSR count). The van der Waals surface area contributed by atoms with Crippen LogP contribution in [0.4, 0.5) is 5.69 Å². The van der Waals surface area contributed by atoms with E-state index in [1.807, 2.05) is 71.0 Å². The van der Waals surface area contributed by atoms with E-state index in [-0.39, 0.29) is 17.3 Å². The predicted molar refractivity (Wildman–Crippen MR) is 161 cm³/mol. The lowest BCUT2D eigenvalue weighted by molar-refractivity contribution is -0.140. The lowest BCUT2D eigenvalue weighted by Crippen LogP contribution is -2.52. The number of anilines is 1. The number of rotatable bonds is 13. The molecule has 3 aromatic rings. The first-order valence-corrected chi connectivity index (χ1v) is 15.3. The van der Waals surface area contributed by atoms with Gasteiger partial charge in [-0.05, 0) is 63.4 Å². The summed E-state index contributed by atoms with van der Waals surface area (Å²) in [5.41, 5.74) is 4.19. The van der Waals surface area contributed by atoms with Gasteiger partial charge in [-0.3, -0.25) is 13.9 Å². The monoisotopic (exact) mass is 563 g/mol. The molecule has 0 aliphatic carbocycles. The summed E-state index contributed by atoms with van der Waals surface area (Å²) in [4.78, 5) is 29.0. The number of hydrogen-bond acceptors (Lipinski definition) is 4. The van der Waals surface area contributed by atoms with Crippen LogP contribution < -0.4 is 9.62 Å². The zero-order valence-electron chi connectivity index (χ0n) is 24.2. The van der Waals surface area contributed by atoms with Gasteiger partial charge < -0.3 is 10.2 Å². The lowest BCUT2D eigenvalue weighted by Gasteiger charge is -2.33. The van der Waals surface area contributed by atoms with Crippen LogP contribution in [0.1, 0.15) is 55.4 Å². The molecule has 0 saturated carbocycles. The van der Waals surface area contributed by atoms with Crippen LogP contribution in [-0.2, 0) is 26.2 Å². The first-order valence-electron chi connectivity index (χ1n) is 13.9. The van der Waals surface area contributed by atoms with E-state index in [0.29, 0.717) is 18.7 Å². The zero-order chi connectivity index (χ0) is 29.3. The van der Waals surface area contributed by atoms with Crippen molar-refractivity contribution in [3.8, 4) is 0 Å². The highest BCUT2D eigenvalue weighted by Crippen LogP contribution is 2.25. The lowest BCUT2D eigenvalue weighted by atomic mass is 10.1. The van der Waals surface area contributed by atoms with Crippen molar-refractivity contribution in [1.29, 1.82) is 0 Å². The molecule has 0 heterocycles. The summed E-state index contributed by atoms with van der Waals surface area (Å²) in [6, 6.07) is 20.6. The Labute approximate surface area is 239 Å². The third-order valence-corrected chi connectivity index (χ3v) is 8.65. The summed E-state index contributed by atoms with van der Waals surface area (Å²) in [5, 5.41) is 2.96. The third-order valence-electron chi connectivity index (χ3n) is 6.86. The molecular formula is C32H41N3O4S. The highest BCUT2D eigenvalue weighted by molar-refractivity contribution is 7.92. The van der Waals surface area contributed by atoms with Crippen LogP contribution in [0.3, 0.4) is 0 Å². The maximum absolute atomic E-state index is 14.1. The van der Waals surface area contributed by atoms with Gasteiger partial charge in [-0.2, -0.15) is 0 Å². The Kier molecular flexibility index (Phi) is 10.9. The second-order valence-electron chi connectivity index (χ2n) is 10.2. The average Bonchev–Trinajstić information content (AvgIpc) is 2.92. The van der Waals surface area contributed by atoms with Crippen LogP contribution in [-0.4, -0.2) is 44.3 Å². The number of carbonyl (C=O) groups is 2. The number of nitrogens with zero attached hydrogens (tertiary/aromatic N) is 2. The van der Waals surface area contributed by atoms with Gasteiger partial charge in [0.15, 0.2) is 0 Å². The van der Waals surface area contributed by atoms with Gasteiger partial charge in [-0.15, -0.1) is 0 Å². The number of sulfonamides is 1. The molecule has 0 aliphatic heterocycles. The Bertz CT molecular complexity index is 1390. The van der Waals surface area contributed by atoms with Gasteiger partial charge in [0, 0.05) is 13.1 Å². The van der Waals surface area contributed by atoms with E-state index >= 15 is 0 Å². The van der Waals surface area contributed by atoms with E-state index in [2.05, 4.69) is 5.32 Å². The van der Waals surface area contributed by atoms with Gasteiger partial charge in [-0.1, -0.05) is 85.5 Å². The van der Waals surface area contributed by atoms with Gasteiger partial charge in [0.05, 0.1) is 10.6 Å². The van der Waals surface area contributed by atoms with Gasteiger partial charge in [0.1, 0.15) is 12.6 Å². The second kappa shape index (κ2) is 14.1. The molecule has 8 heteroatoms. The highest BCUT2D eigenvalue weighted by atomic mass is 32.2. The molecule has 40 heavy (non-hydrogen) atoms. The van der Waals surface area contributed by atoms with Gasteiger partial charge in [-0.25, -0.2) is 8.42 Å². The number of carbonyl (C=O) groups excluding carboxylic acids is 2. The third kappa shape index (κ3) is 7.94. The van der Waals surface area contributed by atoms with Crippen LogP contribution in [0.25, 0.3) is 0 Å². The number of hydrogen-bond donors (Lipinski definition) is 1.